The summed E-state index contributed by atoms with van der Waals surface area (Å²) in [6.07, 6.45) is 3.86. The summed E-state index contributed by atoms with van der Waals surface area (Å²) in [6.45, 7) is 4.04. The van der Waals surface area contributed by atoms with E-state index in [0.717, 1.165) is 30.6 Å². The van der Waals surface area contributed by atoms with Crippen molar-refractivity contribution in [3.63, 3.8) is 0 Å². The number of piperidine rings is 1. The van der Waals surface area contributed by atoms with Gasteiger partial charge < -0.3 is 10.2 Å². The number of nitrogens with zero attached hydrogens (tertiary/aromatic N) is 2. The van der Waals surface area contributed by atoms with Gasteiger partial charge in [0.1, 0.15) is 12.1 Å². The fourth-order valence-electron chi connectivity index (χ4n) is 3.90. The molecule has 6 nitrogen and oxygen atoms in total. The average Bonchev–Trinajstić information content (AvgIpc) is 2.85. The van der Waals surface area contributed by atoms with Gasteiger partial charge in [0.05, 0.1) is 0 Å². The number of rotatable bonds is 4. The number of carbonyl (C=O) groups is 3. The van der Waals surface area contributed by atoms with Gasteiger partial charge in [-0.15, -0.1) is 0 Å². The van der Waals surface area contributed by atoms with E-state index in [4.69, 9.17) is 23.2 Å². The maximum atomic E-state index is 13.0. The van der Waals surface area contributed by atoms with E-state index in [1.54, 1.807) is 24.0 Å². The van der Waals surface area contributed by atoms with Gasteiger partial charge in [0, 0.05) is 28.2 Å². The lowest BCUT2D eigenvalue weighted by molar-refractivity contribution is -0.141. The Morgan fingerprint density at radius 1 is 1.30 bits per heavy atom. The van der Waals surface area contributed by atoms with Crippen LogP contribution >= 0.6 is 23.2 Å². The molecule has 2 aliphatic rings. The number of nitrogens with one attached hydrogen (secondary N) is 1. The average molecular weight is 412 g/mol. The number of urea groups is 1. The van der Waals surface area contributed by atoms with Gasteiger partial charge in [-0.1, -0.05) is 36.2 Å². The van der Waals surface area contributed by atoms with E-state index >= 15 is 0 Å². The highest BCUT2D eigenvalue weighted by Crippen LogP contribution is 2.35. The SMILES string of the molecule is CC[C@@H]1CCCCN1C(=O)CN1C(=O)N[C@@](C)(c2ccc(Cl)cc2Cl)C1=O. The van der Waals surface area contributed by atoms with Crippen molar-refractivity contribution in [3.05, 3.63) is 33.8 Å². The quantitative estimate of drug-likeness (QED) is 0.769. The molecule has 3 rings (SSSR count). The fraction of sp³-hybridized carbons (Fsp3) is 0.526. The van der Waals surface area contributed by atoms with Crippen LogP contribution in [0.2, 0.25) is 10.0 Å². The zero-order valence-corrected chi connectivity index (χ0v) is 16.9. The molecule has 2 heterocycles. The van der Waals surface area contributed by atoms with Crippen LogP contribution in [-0.4, -0.2) is 46.8 Å². The monoisotopic (exact) mass is 411 g/mol. The molecular weight excluding hydrogens is 389 g/mol. The van der Waals surface area contributed by atoms with E-state index < -0.39 is 17.5 Å². The molecule has 2 aliphatic heterocycles. The zero-order chi connectivity index (χ0) is 19.8. The molecule has 2 atom stereocenters. The Bertz CT molecular complexity index is 785. The van der Waals surface area contributed by atoms with Crippen LogP contribution < -0.4 is 5.32 Å². The number of hydrogen-bond acceptors (Lipinski definition) is 3. The van der Waals surface area contributed by atoms with E-state index in [0.29, 0.717) is 17.1 Å². The first kappa shape index (κ1) is 20.0. The summed E-state index contributed by atoms with van der Waals surface area (Å²) < 4.78 is 0. The van der Waals surface area contributed by atoms with Crippen molar-refractivity contribution >= 4 is 41.0 Å². The van der Waals surface area contributed by atoms with Crippen LogP contribution in [0.4, 0.5) is 4.79 Å². The Morgan fingerprint density at radius 2 is 2.04 bits per heavy atom. The maximum absolute atomic E-state index is 13.0. The third-order valence-corrected chi connectivity index (χ3v) is 6.00. The molecule has 8 heteroatoms. The van der Waals surface area contributed by atoms with Gasteiger partial charge in [0.15, 0.2) is 0 Å². The summed E-state index contributed by atoms with van der Waals surface area (Å²) in [7, 11) is 0. The van der Waals surface area contributed by atoms with Gasteiger partial charge in [-0.25, -0.2) is 4.79 Å². The van der Waals surface area contributed by atoms with Gasteiger partial charge >= 0.3 is 6.03 Å². The molecule has 0 aromatic heterocycles. The summed E-state index contributed by atoms with van der Waals surface area (Å²) in [5, 5.41) is 3.40. The third-order valence-electron chi connectivity index (χ3n) is 5.46. The van der Waals surface area contributed by atoms with Crippen LogP contribution in [0.3, 0.4) is 0 Å². The summed E-state index contributed by atoms with van der Waals surface area (Å²) in [6, 6.07) is 4.33. The summed E-state index contributed by atoms with van der Waals surface area (Å²) >= 11 is 12.2. The minimum atomic E-state index is -1.33. The molecule has 0 spiro atoms. The Balaban J connectivity index is 1.80. The van der Waals surface area contributed by atoms with Crippen LogP contribution in [0.15, 0.2) is 18.2 Å². The van der Waals surface area contributed by atoms with E-state index in [1.165, 1.54) is 6.07 Å². The molecule has 1 aromatic carbocycles. The highest BCUT2D eigenvalue weighted by molar-refractivity contribution is 6.35. The van der Waals surface area contributed by atoms with Crippen LogP contribution in [0.1, 0.15) is 45.1 Å². The number of hydrogen-bond donors (Lipinski definition) is 1. The second-order valence-corrected chi connectivity index (χ2v) is 8.06. The fourth-order valence-corrected chi connectivity index (χ4v) is 4.50. The number of carbonyl (C=O) groups excluding carboxylic acids is 3. The number of halogens is 2. The van der Waals surface area contributed by atoms with Crippen molar-refractivity contribution < 1.29 is 14.4 Å². The first-order chi connectivity index (χ1) is 12.8. The second kappa shape index (κ2) is 7.68. The smallest absolute Gasteiger partial charge is 0.325 e. The Labute approximate surface area is 168 Å². The Kier molecular flexibility index (Phi) is 5.68. The first-order valence-electron chi connectivity index (χ1n) is 9.17. The van der Waals surface area contributed by atoms with Crippen LogP contribution in [0, 0.1) is 0 Å². The number of benzene rings is 1. The zero-order valence-electron chi connectivity index (χ0n) is 15.4. The second-order valence-electron chi connectivity index (χ2n) is 7.22. The molecule has 2 saturated heterocycles. The molecule has 2 fully saturated rings. The number of imide groups is 1. The standard InChI is InChI=1S/C19H23Cl2N3O3/c1-3-13-6-4-5-9-23(13)16(25)11-24-17(26)19(2,22-18(24)27)14-8-7-12(20)10-15(14)21/h7-8,10,13H,3-6,9,11H2,1-2H3,(H,22,27)/t13-,19+/m1/s1. The van der Waals surface area contributed by atoms with Crippen LogP contribution in [0.5, 0.6) is 0 Å². The van der Waals surface area contributed by atoms with Crippen LogP contribution in [-0.2, 0) is 15.1 Å². The van der Waals surface area contributed by atoms with E-state index in [9.17, 15) is 14.4 Å². The van der Waals surface area contributed by atoms with E-state index in [1.807, 2.05) is 6.92 Å². The number of amides is 4. The molecule has 27 heavy (non-hydrogen) atoms. The lowest BCUT2D eigenvalue weighted by Gasteiger charge is -2.36. The van der Waals surface area contributed by atoms with Crippen molar-refractivity contribution in [1.29, 1.82) is 0 Å². The summed E-state index contributed by atoms with van der Waals surface area (Å²) in [5.74, 6) is -0.688. The molecule has 0 radical (unpaired) electrons. The van der Waals surface area contributed by atoms with E-state index in [2.05, 4.69) is 5.32 Å². The predicted octanol–water partition coefficient (Wildman–Crippen LogP) is 3.55. The van der Waals surface area contributed by atoms with Crippen molar-refractivity contribution in [2.45, 2.75) is 51.1 Å². The normalized spacial score (nSPS) is 25.7. The molecule has 1 N–H and O–H groups in total. The van der Waals surface area contributed by atoms with Gasteiger partial charge in [0.25, 0.3) is 5.91 Å². The van der Waals surface area contributed by atoms with E-state index in [-0.39, 0.29) is 23.5 Å². The maximum Gasteiger partial charge on any atom is 0.325 e. The third kappa shape index (κ3) is 3.65. The number of likely N-dealkylation sites (tertiary alicyclic amines) is 1. The lowest BCUT2D eigenvalue weighted by atomic mass is 9.92. The van der Waals surface area contributed by atoms with Gasteiger partial charge in [0.2, 0.25) is 5.91 Å². The molecule has 146 valence electrons. The minimum absolute atomic E-state index is 0.170. The molecular formula is C19H23Cl2N3O3. The van der Waals surface area contributed by atoms with Crippen molar-refractivity contribution in [3.8, 4) is 0 Å². The Hall–Kier alpha value is -1.79. The minimum Gasteiger partial charge on any atom is -0.338 e. The van der Waals surface area contributed by atoms with Gasteiger partial charge in [-0.3, -0.25) is 14.5 Å². The van der Waals surface area contributed by atoms with Crippen LogP contribution in [0.25, 0.3) is 0 Å². The molecule has 1 aromatic rings. The molecule has 0 aliphatic carbocycles. The van der Waals surface area contributed by atoms with Gasteiger partial charge in [-0.05, 0) is 44.7 Å². The lowest BCUT2D eigenvalue weighted by Crippen LogP contribution is -2.49. The largest absolute Gasteiger partial charge is 0.338 e. The molecule has 0 saturated carbocycles. The Morgan fingerprint density at radius 3 is 2.70 bits per heavy atom. The van der Waals surface area contributed by atoms with Gasteiger partial charge in [-0.2, -0.15) is 0 Å². The molecule has 0 bridgehead atoms. The van der Waals surface area contributed by atoms with Crippen molar-refractivity contribution in [1.82, 2.24) is 15.1 Å². The molecule has 4 amide bonds. The molecule has 0 unspecified atom stereocenters. The topological polar surface area (TPSA) is 69.7 Å². The first-order valence-corrected chi connectivity index (χ1v) is 9.92. The summed E-state index contributed by atoms with van der Waals surface area (Å²) in [5.41, 5.74) is -0.878. The highest BCUT2D eigenvalue weighted by atomic mass is 35.5. The van der Waals surface area contributed by atoms with Crippen molar-refractivity contribution in [2.75, 3.05) is 13.1 Å². The highest BCUT2D eigenvalue weighted by Gasteiger charge is 2.50. The summed E-state index contributed by atoms with van der Waals surface area (Å²) in [4.78, 5) is 41.1. The van der Waals surface area contributed by atoms with Crippen molar-refractivity contribution in [2.24, 2.45) is 0 Å². The predicted molar refractivity (Wildman–Crippen MR) is 104 cm³/mol.